The summed E-state index contributed by atoms with van der Waals surface area (Å²) in [4.78, 5) is 9.63. The van der Waals surface area contributed by atoms with Gasteiger partial charge < -0.3 is 4.98 Å². The molecule has 25 heavy (non-hydrogen) atoms. The number of aromatic amines is 1. The summed E-state index contributed by atoms with van der Waals surface area (Å²) in [6, 6.07) is 14.0. The largest absolute Gasteiger partial charge is 0.346 e. The van der Waals surface area contributed by atoms with Gasteiger partial charge >= 0.3 is 0 Å². The van der Waals surface area contributed by atoms with Gasteiger partial charge in [-0.15, -0.1) is 0 Å². The summed E-state index contributed by atoms with van der Waals surface area (Å²) in [5, 5.41) is 1.11. The monoisotopic (exact) mass is 333 g/mol. The van der Waals surface area contributed by atoms with Gasteiger partial charge in [0.15, 0.2) is 0 Å². The first-order valence-corrected chi connectivity index (χ1v) is 8.53. The third kappa shape index (κ3) is 3.54. The molecule has 126 valence electrons. The van der Waals surface area contributed by atoms with Crippen molar-refractivity contribution in [2.45, 2.75) is 13.0 Å². The SMILES string of the molecule is FC1=C(/C=C/c2ccccc2)CCN(Cc2c[nH]c3ncccc23)C1. The molecule has 0 spiro atoms. The molecule has 4 heteroatoms. The third-order valence-corrected chi connectivity index (χ3v) is 4.62. The van der Waals surface area contributed by atoms with Crippen LogP contribution in [-0.4, -0.2) is 28.0 Å². The van der Waals surface area contributed by atoms with E-state index in [0.29, 0.717) is 6.54 Å². The van der Waals surface area contributed by atoms with Gasteiger partial charge in [0, 0.05) is 30.9 Å². The zero-order valence-electron chi connectivity index (χ0n) is 14.0. The topological polar surface area (TPSA) is 31.9 Å². The minimum atomic E-state index is -0.0311. The van der Waals surface area contributed by atoms with E-state index in [1.165, 1.54) is 5.56 Å². The molecule has 0 atom stereocenters. The Balaban J connectivity index is 1.45. The molecule has 1 aliphatic heterocycles. The van der Waals surface area contributed by atoms with Crippen LogP contribution in [0, 0.1) is 0 Å². The summed E-state index contributed by atoms with van der Waals surface area (Å²) < 4.78 is 14.5. The van der Waals surface area contributed by atoms with Crippen LogP contribution in [0.1, 0.15) is 17.5 Å². The van der Waals surface area contributed by atoms with Crippen molar-refractivity contribution in [3.63, 3.8) is 0 Å². The molecule has 0 bridgehead atoms. The van der Waals surface area contributed by atoms with Crippen LogP contribution >= 0.6 is 0 Å². The Kier molecular flexibility index (Phi) is 4.44. The maximum absolute atomic E-state index is 14.5. The molecule has 0 saturated carbocycles. The lowest BCUT2D eigenvalue weighted by atomic mass is 10.0. The molecule has 1 aromatic carbocycles. The Morgan fingerprint density at radius 1 is 1.12 bits per heavy atom. The number of benzene rings is 1. The molecule has 0 saturated heterocycles. The molecule has 1 N–H and O–H groups in total. The molecule has 3 aromatic rings. The van der Waals surface area contributed by atoms with Gasteiger partial charge in [0.2, 0.25) is 0 Å². The van der Waals surface area contributed by atoms with Crippen LogP contribution in [0.4, 0.5) is 4.39 Å². The van der Waals surface area contributed by atoms with Crippen molar-refractivity contribution in [1.82, 2.24) is 14.9 Å². The Bertz CT molecular complexity index is 924. The van der Waals surface area contributed by atoms with E-state index in [2.05, 4.69) is 20.9 Å². The second-order valence-corrected chi connectivity index (χ2v) is 6.35. The van der Waals surface area contributed by atoms with Gasteiger partial charge in [-0.2, -0.15) is 0 Å². The van der Waals surface area contributed by atoms with Crippen molar-refractivity contribution in [2.24, 2.45) is 0 Å². The fraction of sp³-hybridized carbons (Fsp3) is 0.190. The highest BCUT2D eigenvalue weighted by atomic mass is 19.1. The van der Waals surface area contributed by atoms with Crippen LogP contribution < -0.4 is 0 Å². The van der Waals surface area contributed by atoms with Gasteiger partial charge in [0.05, 0.1) is 6.54 Å². The summed E-state index contributed by atoms with van der Waals surface area (Å²) in [6.07, 6.45) is 8.38. The van der Waals surface area contributed by atoms with Crippen molar-refractivity contribution < 1.29 is 4.39 Å². The number of nitrogens with zero attached hydrogens (tertiary/aromatic N) is 2. The highest BCUT2D eigenvalue weighted by molar-refractivity contribution is 5.79. The molecule has 4 rings (SSSR count). The van der Waals surface area contributed by atoms with E-state index in [4.69, 9.17) is 0 Å². The average Bonchev–Trinajstić information content (AvgIpc) is 3.05. The first-order valence-electron chi connectivity index (χ1n) is 8.53. The highest BCUT2D eigenvalue weighted by Gasteiger charge is 2.19. The molecule has 0 radical (unpaired) electrons. The summed E-state index contributed by atoms with van der Waals surface area (Å²) in [5.41, 5.74) is 3.95. The van der Waals surface area contributed by atoms with Gasteiger partial charge in [-0.05, 0) is 35.3 Å². The summed E-state index contributed by atoms with van der Waals surface area (Å²) in [5.74, 6) is -0.0311. The van der Waals surface area contributed by atoms with Gasteiger partial charge in [0.1, 0.15) is 11.5 Å². The van der Waals surface area contributed by atoms with Crippen LogP contribution in [0.25, 0.3) is 17.1 Å². The lowest BCUT2D eigenvalue weighted by molar-refractivity contribution is 0.256. The molecular formula is C21H20FN3. The Morgan fingerprint density at radius 3 is 2.84 bits per heavy atom. The minimum Gasteiger partial charge on any atom is -0.346 e. The van der Waals surface area contributed by atoms with Crippen molar-refractivity contribution >= 4 is 17.1 Å². The molecule has 3 heterocycles. The number of fused-ring (bicyclic) bond motifs is 1. The van der Waals surface area contributed by atoms with Crippen LogP contribution in [-0.2, 0) is 6.54 Å². The number of pyridine rings is 1. The fourth-order valence-electron chi connectivity index (χ4n) is 3.25. The number of hydrogen-bond acceptors (Lipinski definition) is 2. The van der Waals surface area contributed by atoms with Crippen LogP contribution in [0.3, 0.4) is 0 Å². The molecule has 0 amide bonds. The van der Waals surface area contributed by atoms with Crippen molar-refractivity contribution in [1.29, 1.82) is 0 Å². The van der Waals surface area contributed by atoms with E-state index in [1.807, 2.05) is 54.7 Å². The molecule has 1 aliphatic rings. The lowest BCUT2D eigenvalue weighted by Crippen LogP contribution is -2.30. The van der Waals surface area contributed by atoms with E-state index in [0.717, 1.165) is 41.7 Å². The molecule has 3 nitrogen and oxygen atoms in total. The van der Waals surface area contributed by atoms with E-state index < -0.39 is 0 Å². The smallest absolute Gasteiger partial charge is 0.137 e. The summed E-state index contributed by atoms with van der Waals surface area (Å²) in [6.45, 7) is 1.95. The van der Waals surface area contributed by atoms with E-state index in [1.54, 1.807) is 6.20 Å². The molecule has 0 unspecified atom stereocenters. The van der Waals surface area contributed by atoms with Crippen LogP contribution in [0.15, 0.2) is 72.3 Å². The van der Waals surface area contributed by atoms with Crippen LogP contribution in [0.5, 0.6) is 0 Å². The fourth-order valence-corrected chi connectivity index (χ4v) is 3.25. The Morgan fingerprint density at radius 2 is 2.00 bits per heavy atom. The molecule has 0 aliphatic carbocycles. The van der Waals surface area contributed by atoms with Crippen LogP contribution in [0.2, 0.25) is 0 Å². The van der Waals surface area contributed by atoms with Gasteiger partial charge in [-0.25, -0.2) is 9.37 Å². The predicted molar refractivity (Wildman–Crippen MR) is 99.6 cm³/mol. The van der Waals surface area contributed by atoms with E-state index in [-0.39, 0.29) is 5.83 Å². The zero-order chi connectivity index (χ0) is 17.1. The van der Waals surface area contributed by atoms with Crippen molar-refractivity contribution in [2.75, 3.05) is 13.1 Å². The number of rotatable bonds is 4. The number of hydrogen-bond donors (Lipinski definition) is 1. The van der Waals surface area contributed by atoms with Gasteiger partial charge in [0.25, 0.3) is 0 Å². The van der Waals surface area contributed by atoms with Crippen molar-refractivity contribution in [3.8, 4) is 0 Å². The number of allylic oxidation sites excluding steroid dienone is 1. The van der Waals surface area contributed by atoms with Gasteiger partial charge in [-0.1, -0.05) is 42.5 Å². The highest BCUT2D eigenvalue weighted by Crippen LogP contribution is 2.24. The average molecular weight is 333 g/mol. The molecule has 2 aromatic heterocycles. The van der Waals surface area contributed by atoms with E-state index in [9.17, 15) is 4.39 Å². The number of H-pyrrole nitrogens is 1. The number of nitrogens with one attached hydrogen (secondary N) is 1. The minimum absolute atomic E-state index is 0.0311. The second-order valence-electron chi connectivity index (χ2n) is 6.35. The van der Waals surface area contributed by atoms with Crippen molar-refractivity contribution in [3.05, 3.63) is 83.5 Å². The molecular weight excluding hydrogens is 313 g/mol. The quantitative estimate of drug-likeness (QED) is 0.750. The Labute approximate surface area is 146 Å². The van der Waals surface area contributed by atoms with Gasteiger partial charge in [-0.3, -0.25) is 4.90 Å². The Hall–Kier alpha value is -2.72. The maximum Gasteiger partial charge on any atom is 0.137 e. The predicted octanol–water partition coefficient (Wildman–Crippen LogP) is 4.71. The first-order chi connectivity index (χ1) is 12.3. The number of aromatic nitrogens is 2. The summed E-state index contributed by atoms with van der Waals surface area (Å²) in [7, 11) is 0. The zero-order valence-corrected chi connectivity index (χ0v) is 14.0. The third-order valence-electron chi connectivity index (χ3n) is 4.62. The maximum atomic E-state index is 14.5. The standard InChI is InChI=1S/C21H20FN3/c22-20-15-25(14-18-13-24-21-19(18)7-4-11-23-21)12-10-17(20)9-8-16-5-2-1-3-6-16/h1-9,11,13H,10,12,14-15H2,(H,23,24)/b9-8+. The van der Waals surface area contributed by atoms with E-state index >= 15 is 0 Å². The first kappa shape index (κ1) is 15.8. The summed E-state index contributed by atoms with van der Waals surface area (Å²) >= 11 is 0. The number of halogens is 1. The second kappa shape index (κ2) is 7.03. The normalized spacial score (nSPS) is 16.2. The lowest BCUT2D eigenvalue weighted by Gasteiger charge is -2.26. The molecule has 0 fully saturated rings.